The van der Waals surface area contributed by atoms with Crippen molar-refractivity contribution in [3.63, 3.8) is 0 Å². The average molecular weight is 275 g/mol. The van der Waals surface area contributed by atoms with E-state index in [0.717, 1.165) is 13.0 Å². The fraction of sp³-hybridized carbons (Fsp3) is 0.600. The Morgan fingerprint density at radius 1 is 1.30 bits per heavy atom. The Labute approximate surface area is 118 Å². The van der Waals surface area contributed by atoms with Crippen LogP contribution in [0.1, 0.15) is 48.9 Å². The van der Waals surface area contributed by atoms with E-state index in [1.54, 1.807) is 6.20 Å². The Hall–Kier alpha value is -1.78. The summed E-state index contributed by atoms with van der Waals surface area (Å²) in [5.74, 6) is 0.397. The first-order valence-electron chi connectivity index (χ1n) is 7.43. The number of rotatable bonds is 3. The summed E-state index contributed by atoms with van der Waals surface area (Å²) < 4.78 is 0. The van der Waals surface area contributed by atoms with Crippen molar-refractivity contribution < 1.29 is 9.90 Å². The van der Waals surface area contributed by atoms with Crippen LogP contribution < -0.4 is 10.6 Å². The lowest BCUT2D eigenvalue weighted by molar-refractivity contribution is 0.0698. The van der Waals surface area contributed by atoms with Gasteiger partial charge in [0, 0.05) is 18.8 Å². The van der Waals surface area contributed by atoms with Gasteiger partial charge in [-0.3, -0.25) is 0 Å². The number of hydrogen-bond acceptors (Lipinski definition) is 4. The number of carboxylic acid groups (broad SMARTS) is 1. The van der Waals surface area contributed by atoms with Crippen LogP contribution in [0.5, 0.6) is 0 Å². The second-order valence-electron chi connectivity index (χ2n) is 5.85. The number of pyridine rings is 1. The van der Waals surface area contributed by atoms with Crippen molar-refractivity contribution in [2.45, 2.75) is 44.6 Å². The van der Waals surface area contributed by atoms with Gasteiger partial charge in [-0.15, -0.1) is 0 Å². The molecule has 0 aromatic carbocycles. The lowest BCUT2D eigenvalue weighted by Crippen LogP contribution is -2.36. The third kappa shape index (κ3) is 2.21. The molecule has 0 spiro atoms. The molecule has 0 amide bonds. The molecule has 1 saturated heterocycles. The Balaban J connectivity index is 1.91. The minimum Gasteiger partial charge on any atom is -0.478 e. The molecule has 0 radical (unpaired) electrons. The molecule has 1 aromatic rings. The third-order valence-corrected chi connectivity index (χ3v) is 4.71. The van der Waals surface area contributed by atoms with Crippen LogP contribution in [-0.2, 0) is 0 Å². The van der Waals surface area contributed by atoms with Crippen LogP contribution >= 0.6 is 0 Å². The molecule has 5 nitrogen and oxygen atoms in total. The number of aromatic nitrogens is 1. The van der Waals surface area contributed by atoms with Gasteiger partial charge in [0.25, 0.3) is 0 Å². The predicted octanol–water partition coefficient (Wildman–Crippen LogP) is 2.52. The van der Waals surface area contributed by atoms with E-state index >= 15 is 0 Å². The molecule has 1 aliphatic carbocycles. The van der Waals surface area contributed by atoms with Crippen LogP contribution in [0, 0.1) is 5.92 Å². The molecular weight excluding hydrogens is 254 g/mol. The Morgan fingerprint density at radius 2 is 2.05 bits per heavy atom. The maximum atomic E-state index is 11.2. The lowest BCUT2D eigenvalue weighted by atomic mass is 9.96. The number of nitrogens with zero attached hydrogens (tertiary/aromatic N) is 2. The number of nitrogen functional groups attached to an aromatic ring is 1. The highest BCUT2D eigenvalue weighted by Gasteiger charge is 2.35. The highest BCUT2D eigenvalue weighted by atomic mass is 16.4. The zero-order valence-electron chi connectivity index (χ0n) is 11.6. The van der Waals surface area contributed by atoms with Gasteiger partial charge in [-0.25, -0.2) is 9.78 Å². The molecule has 1 atom stereocenters. The molecule has 2 fully saturated rings. The van der Waals surface area contributed by atoms with Crippen LogP contribution in [0.4, 0.5) is 11.5 Å². The topological polar surface area (TPSA) is 79.5 Å². The van der Waals surface area contributed by atoms with Crippen molar-refractivity contribution in [1.82, 2.24) is 4.98 Å². The molecule has 1 aliphatic heterocycles. The molecule has 108 valence electrons. The Morgan fingerprint density at radius 3 is 2.75 bits per heavy atom. The molecule has 1 aromatic heterocycles. The van der Waals surface area contributed by atoms with E-state index in [0.29, 0.717) is 23.5 Å². The van der Waals surface area contributed by atoms with E-state index in [1.165, 1.54) is 38.2 Å². The van der Waals surface area contributed by atoms with Crippen LogP contribution in [0.3, 0.4) is 0 Å². The molecule has 2 heterocycles. The van der Waals surface area contributed by atoms with Crippen molar-refractivity contribution >= 4 is 17.5 Å². The molecule has 0 bridgehead atoms. The summed E-state index contributed by atoms with van der Waals surface area (Å²) in [7, 11) is 0. The smallest absolute Gasteiger partial charge is 0.337 e. The molecule has 5 heteroatoms. The van der Waals surface area contributed by atoms with E-state index in [4.69, 9.17) is 5.73 Å². The van der Waals surface area contributed by atoms with Gasteiger partial charge in [0.15, 0.2) is 5.82 Å². The second kappa shape index (κ2) is 5.31. The number of anilines is 2. The summed E-state index contributed by atoms with van der Waals surface area (Å²) in [5, 5.41) is 9.18. The number of nitrogens with two attached hydrogens (primary N) is 1. The zero-order chi connectivity index (χ0) is 14.1. The first kappa shape index (κ1) is 13.2. The van der Waals surface area contributed by atoms with E-state index in [1.807, 2.05) is 0 Å². The zero-order valence-corrected chi connectivity index (χ0v) is 11.6. The fourth-order valence-corrected chi connectivity index (χ4v) is 3.77. The summed E-state index contributed by atoms with van der Waals surface area (Å²) >= 11 is 0. The van der Waals surface area contributed by atoms with Crippen molar-refractivity contribution in [3.05, 3.63) is 17.8 Å². The van der Waals surface area contributed by atoms with Crippen LogP contribution in [0.2, 0.25) is 0 Å². The normalized spacial score (nSPS) is 23.4. The summed E-state index contributed by atoms with van der Waals surface area (Å²) in [6.07, 6.45) is 9.04. The highest BCUT2D eigenvalue weighted by Crippen LogP contribution is 2.39. The molecule has 3 N–H and O–H groups in total. The predicted molar refractivity (Wildman–Crippen MR) is 77.9 cm³/mol. The van der Waals surface area contributed by atoms with E-state index in [-0.39, 0.29) is 5.56 Å². The van der Waals surface area contributed by atoms with E-state index in [9.17, 15) is 9.90 Å². The van der Waals surface area contributed by atoms with Crippen LogP contribution in [-0.4, -0.2) is 28.6 Å². The van der Waals surface area contributed by atoms with Gasteiger partial charge in [0.05, 0.1) is 11.3 Å². The van der Waals surface area contributed by atoms with Crippen molar-refractivity contribution in [1.29, 1.82) is 0 Å². The number of carbonyl (C=O) groups is 1. The molecule has 1 saturated carbocycles. The molecule has 2 aliphatic rings. The lowest BCUT2D eigenvalue weighted by Gasteiger charge is -2.31. The van der Waals surface area contributed by atoms with Gasteiger partial charge in [-0.2, -0.15) is 0 Å². The summed E-state index contributed by atoms with van der Waals surface area (Å²) in [5.41, 5.74) is 6.51. The number of carboxylic acids is 1. The molecule has 1 unspecified atom stereocenters. The quantitative estimate of drug-likeness (QED) is 0.886. The van der Waals surface area contributed by atoms with Gasteiger partial charge in [0.1, 0.15) is 0 Å². The number of aromatic carboxylic acids is 1. The maximum Gasteiger partial charge on any atom is 0.337 e. The van der Waals surface area contributed by atoms with Gasteiger partial charge >= 0.3 is 5.97 Å². The van der Waals surface area contributed by atoms with E-state index in [2.05, 4.69) is 9.88 Å². The summed E-state index contributed by atoms with van der Waals surface area (Å²) in [6, 6.07) is 1.96. The Kier molecular flexibility index (Phi) is 3.51. The standard InChI is InChI=1S/C15H21N3O2/c16-13-11(15(19)20)7-8-17-14(13)18-9-3-6-12(18)10-4-1-2-5-10/h7-8,10,12H,1-6,9,16H2,(H,19,20). The highest BCUT2D eigenvalue weighted by molar-refractivity contribution is 5.96. The van der Waals surface area contributed by atoms with Crippen molar-refractivity contribution in [2.24, 2.45) is 5.92 Å². The molecule has 20 heavy (non-hydrogen) atoms. The van der Waals surface area contributed by atoms with Crippen LogP contribution in [0.15, 0.2) is 12.3 Å². The minimum absolute atomic E-state index is 0.159. The second-order valence-corrected chi connectivity index (χ2v) is 5.85. The first-order chi connectivity index (χ1) is 9.68. The van der Waals surface area contributed by atoms with Gasteiger partial charge in [-0.05, 0) is 37.7 Å². The SMILES string of the molecule is Nc1c(C(=O)O)ccnc1N1CCCC1C1CCCC1. The minimum atomic E-state index is -0.984. The summed E-state index contributed by atoms with van der Waals surface area (Å²) in [4.78, 5) is 17.8. The van der Waals surface area contributed by atoms with Crippen molar-refractivity contribution in [3.8, 4) is 0 Å². The van der Waals surface area contributed by atoms with Gasteiger partial charge in [0.2, 0.25) is 0 Å². The molecular formula is C15H21N3O2. The fourth-order valence-electron chi connectivity index (χ4n) is 3.77. The number of hydrogen-bond donors (Lipinski definition) is 2. The summed E-state index contributed by atoms with van der Waals surface area (Å²) in [6.45, 7) is 0.932. The molecule has 3 rings (SSSR count). The average Bonchev–Trinajstić information content (AvgIpc) is 3.09. The Bertz CT molecular complexity index is 512. The first-order valence-corrected chi connectivity index (χ1v) is 7.43. The maximum absolute atomic E-state index is 11.2. The van der Waals surface area contributed by atoms with Gasteiger partial charge in [-0.1, -0.05) is 12.8 Å². The van der Waals surface area contributed by atoms with E-state index < -0.39 is 5.97 Å². The van der Waals surface area contributed by atoms with Crippen LogP contribution in [0.25, 0.3) is 0 Å². The largest absolute Gasteiger partial charge is 0.478 e. The van der Waals surface area contributed by atoms with Gasteiger partial charge < -0.3 is 15.7 Å². The monoisotopic (exact) mass is 275 g/mol. The van der Waals surface area contributed by atoms with Crippen molar-refractivity contribution in [2.75, 3.05) is 17.2 Å². The third-order valence-electron chi connectivity index (χ3n) is 4.71.